The molecule has 5 nitrogen and oxygen atoms in total. The van der Waals surface area contributed by atoms with Crippen molar-refractivity contribution >= 4 is 11.8 Å². The molecule has 0 saturated carbocycles. The van der Waals surface area contributed by atoms with Crippen LogP contribution in [0.15, 0.2) is 21.9 Å². The Bertz CT molecular complexity index is 651. The van der Waals surface area contributed by atoms with Crippen LogP contribution in [0.2, 0.25) is 0 Å². The second kappa shape index (κ2) is 5.86. The Morgan fingerprint density at radius 3 is 2.41 bits per heavy atom. The smallest absolute Gasteiger partial charge is 0.338 e. The van der Waals surface area contributed by atoms with Gasteiger partial charge in [0.15, 0.2) is 11.0 Å². The van der Waals surface area contributed by atoms with Gasteiger partial charge in [-0.1, -0.05) is 37.7 Å². The molecule has 2 aromatic rings. The van der Waals surface area contributed by atoms with E-state index in [0.717, 1.165) is 24.0 Å². The minimum Gasteiger partial charge on any atom is -0.338 e. The Kier molecular flexibility index (Phi) is 4.46. The molecule has 0 spiro atoms. The number of rotatable bonds is 3. The highest BCUT2D eigenvalue weighted by Gasteiger charge is 2.33. The third kappa shape index (κ3) is 3.96. The maximum atomic E-state index is 12.6. The van der Waals surface area contributed by atoms with Gasteiger partial charge in [0, 0.05) is 11.6 Å². The number of alkyl halides is 3. The van der Waals surface area contributed by atoms with Gasteiger partial charge in [0.2, 0.25) is 5.89 Å². The standard InChI is InChI=1S/C13H15F3N4OS/c1-7(9-19-10(20-21-9)12(2,3)4)22-11-17-6-5-8(18-11)13(14,15)16/h5-7H,1-4H3. The Morgan fingerprint density at radius 1 is 1.18 bits per heavy atom. The van der Waals surface area contributed by atoms with E-state index in [9.17, 15) is 13.2 Å². The van der Waals surface area contributed by atoms with Gasteiger partial charge in [0.25, 0.3) is 0 Å². The molecule has 1 atom stereocenters. The van der Waals surface area contributed by atoms with Crippen molar-refractivity contribution in [3.63, 3.8) is 0 Å². The largest absolute Gasteiger partial charge is 0.433 e. The summed E-state index contributed by atoms with van der Waals surface area (Å²) in [6, 6.07) is 0.832. The third-order valence-corrected chi connectivity index (χ3v) is 3.63. The summed E-state index contributed by atoms with van der Waals surface area (Å²) in [5.41, 5.74) is -1.24. The van der Waals surface area contributed by atoms with Gasteiger partial charge in [-0.2, -0.15) is 18.2 Å². The first-order valence-corrected chi connectivity index (χ1v) is 7.36. The van der Waals surface area contributed by atoms with Crippen molar-refractivity contribution in [3.05, 3.63) is 29.7 Å². The van der Waals surface area contributed by atoms with Gasteiger partial charge >= 0.3 is 6.18 Å². The number of hydrogen-bond donors (Lipinski definition) is 0. The summed E-state index contributed by atoms with van der Waals surface area (Å²) in [4.78, 5) is 11.6. The summed E-state index contributed by atoms with van der Waals surface area (Å²) in [6.07, 6.45) is -3.41. The number of thioether (sulfide) groups is 1. The normalized spacial score (nSPS) is 14.1. The molecular formula is C13H15F3N4OS. The topological polar surface area (TPSA) is 64.7 Å². The minimum atomic E-state index is -4.49. The fourth-order valence-electron chi connectivity index (χ4n) is 1.47. The van der Waals surface area contributed by atoms with Gasteiger partial charge < -0.3 is 4.52 Å². The molecule has 2 heterocycles. The maximum absolute atomic E-state index is 12.6. The first-order chi connectivity index (χ1) is 10.1. The van der Waals surface area contributed by atoms with Crippen LogP contribution >= 0.6 is 11.8 Å². The van der Waals surface area contributed by atoms with Crippen LogP contribution in [-0.2, 0) is 11.6 Å². The van der Waals surface area contributed by atoms with Crippen LogP contribution in [0.3, 0.4) is 0 Å². The number of nitrogens with zero attached hydrogens (tertiary/aromatic N) is 4. The highest BCUT2D eigenvalue weighted by molar-refractivity contribution is 7.99. The lowest BCUT2D eigenvalue weighted by Crippen LogP contribution is -2.13. The van der Waals surface area contributed by atoms with E-state index >= 15 is 0 Å². The van der Waals surface area contributed by atoms with Gasteiger partial charge in [0.1, 0.15) is 5.69 Å². The lowest BCUT2D eigenvalue weighted by atomic mass is 9.96. The highest BCUT2D eigenvalue weighted by atomic mass is 32.2. The zero-order valence-electron chi connectivity index (χ0n) is 12.5. The molecule has 0 saturated heterocycles. The number of aromatic nitrogens is 4. The molecule has 9 heteroatoms. The Hall–Kier alpha value is -1.64. The van der Waals surface area contributed by atoms with Crippen LogP contribution in [0.5, 0.6) is 0 Å². The summed E-state index contributed by atoms with van der Waals surface area (Å²) >= 11 is 1.03. The molecular weight excluding hydrogens is 317 g/mol. The molecule has 0 aliphatic heterocycles. The molecule has 0 aliphatic rings. The average Bonchev–Trinajstić information content (AvgIpc) is 2.87. The van der Waals surface area contributed by atoms with Crippen LogP contribution in [0, 0.1) is 0 Å². The van der Waals surface area contributed by atoms with Crippen molar-refractivity contribution < 1.29 is 17.7 Å². The average molecular weight is 332 g/mol. The Balaban J connectivity index is 2.15. The van der Waals surface area contributed by atoms with Gasteiger partial charge in [-0.25, -0.2) is 9.97 Å². The Morgan fingerprint density at radius 2 is 1.86 bits per heavy atom. The third-order valence-electron chi connectivity index (χ3n) is 2.67. The quantitative estimate of drug-likeness (QED) is 0.624. The van der Waals surface area contributed by atoms with E-state index < -0.39 is 11.9 Å². The summed E-state index contributed by atoms with van der Waals surface area (Å²) in [5, 5.41) is 3.54. The van der Waals surface area contributed by atoms with Gasteiger partial charge in [0.05, 0.1) is 5.25 Å². The number of hydrogen-bond acceptors (Lipinski definition) is 6. The number of halogens is 3. The maximum Gasteiger partial charge on any atom is 0.433 e. The van der Waals surface area contributed by atoms with Crippen LogP contribution < -0.4 is 0 Å². The molecule has 0 amide bonds. The van der Waals surface area contributed by atoms with Crippen molar-refractivity contribution in [1.82, 2.24) is 20.1 Å². The van der Waals surface area contributed by atoms with Gasteiger partial charge in [-0.3, -0.25) is 0 Å². The lowest BCUT2D eigenvalue weighted by molar-refractivity contribution is -0.141. The second-order valence-electron chi connectivity index (χ2n) is 5.69. The van der Waals surface area contributed by atoms with E-state index in [4.69, 9.17) is 4.52 Å². The molecule has 0 aromatic carbocycles. The van der Waals surface area contributed by atoms with E-state index in [2.05, 4.69) is 20.1 Å². The molecule has 2 rings (SSSR count). The molecule has 1 unspecified atom stereocenters. The first kappa shape index (κ1) is 16.7. The predicted octanol–water partition coefficient (Wildman–Crippen LogP) is 4.03. The van der Waals surface area contributed by atoms with E-state index in [1.807, 2.05) is 20.8 Å². The SMILES string of the molecule is CC(Sc1nccc(C(F)(F)F)n1)c1nc(C(C)(C)C)no1. The highest BCUT2D eigenvalue weighted by Crippen LogP contribution is 2.34. The summed E-state index contributed by atoms with van der Waals surface area (Å²) in [7, 11) is 0. The van der Waals surface area contributed by atoms with Crippen LogP contribution in [0.4, 0.5) is 13.2 Å². The first-order valence-electron chi connectivity index (χ1n) is 6.48. The van der Waals surface area contributed by atoms with E-state index in [1.54, 1.807) is 6.92 Å². The van der Waals surface area contributed by atoms with Gasteiger partial charge in [-0.05, 0) is 13.0 Å². The minimum absolute atomic E-state index is 0.0119. The molecule has 0 bridgehead atoms. The van der Waals surface area contributed by atoms with Crippen LogP contribution in [-0.4, -0.2) is 20.1 Å². The van der Waals surface area contributed by atoms with Crippen molar-refractivity contribution in [1.29, 1.82) is 0 Å². The second-order valence-corrected chi connectivity index (χ2v) is 7.00. The molecule has 0 fully saturated rings. The van der Waals surface area contributed by atoms with E-state index in [1.165, 1.54) is 0 Å². The summed E-state index contributed by atoms with van der Waals surface area (Å²) in [6.45, 7) is 7.56. The van der Waals surface area contributed by atoms with Crippen LogP contribution in [0.25, 0.3) is 0 Å². The zero-order chi connectivity index (χ0) is 16.5. The van der Waals surface area contributed by atoms with Crippen molar-refractivity contribution in [2.45, 2.75) is 49.7 Å². The molecule has 22 heavy (non-hydrogen) atoms. The fourth-order valence-corrected chi connectivity index (χ4v) is 2.25. The fraction of sp³-hybridized carbons (Fsp3) is 0.538. The lowest BCUT2D eigenvalue weighted by Gasteiger charge is -2.11. The summed E-state index contributed by atoms with van der Waals surface area (Å²) < 4.78 is 43.0. The van der Waals surface area contributed by atoms with Crippen LogP contribution in [0.1, 0.15) is 50.4 Å². The predicted molar refractivity (Wildman–Crippen MR) is 74.3 cm³/mol. The zero-order valence-corrected chi connectivity index (χ0v) is 13.3. The van der Waals surface area contributed by atoms with Crippen molar-refractivity contribution in [2.24, 2.45) is 0 Å². The molecule has 0 aliphatic carbocycles. The van der Waals surface area contributed by atoms with E-state index in [-0.39, 0.29) is 15.8 Å². The molecule has 0 N–H and O–H groups in total. The van der Waals surface area contributed by atoms with Crippen molar-refractivity contribution in [3.8, 4) is 0 Å². The molecule has 2 aromatic heterocycles. The van der Waals surface area contributed by atoms with E-state index in [0.29, 0.717) is 11.7 Å². The molecule has 120 valence electrons. The monoisotopic (exact) mass is 332 g/mol. The Labute approximate surface area is 129 Å². The van der Waals surface area contributed by atoms with Crippen molar-refractivity contribution in [2.75, 3.05) is 0 Å². The summed E-state index contributed by atoms with van der Waals surface area (Å²) in [5.74, 6) is 0.871. The molecule has 0 radical (unpaired) electrons. The van der Waals surface area contributed by atoms with Gasteiger partial charge in [-0.15, -0.1) is 0 Å².